The van der Waals surface area contributed by atoms with Gasteiger partial charge in [-0.1, -0.05) is 24.3 Å². The molecule has 5 heteroatoms. The van der Waals surface area contributed by atoms with Gasteiger partial charge < -0.3 is 14.8 Å². The van der Waals surface area contributed by atoms with E-state index in [4.69, 9.17) is 0 Å². The highest BCUT2D eigenvalue weighted by Crippen LogP contribution is 2.44. The normalized spacial score (nSPS) is 24.3. The molecule has 1 aromatic carbocycles. The number of nitrogens with zero attached hydrogens (tertiary/aromatic N) is 2. The minimum atomic E-state index is -0.179. The Morgan fingerprint density at radius 3 is 2.67 bits per heavy atom. The van der Waals surface area contributed by atoms with Crippen molar-refractivity contribution in [3.63, 3.8) is 0 Å². The third-order valence-electron chi connectivity index (χ3n) is 6.27. The van der Waals surface area contributed by atoms with Crippen LogP contribution in [0, 0.1) is 25.7 Å². The van der Waals surface area contributed by atoms with Crippen LogP contribution in [0.4, 0.5) is 0 Å². The van der Waals surface area contributed by atoms with Crippen LogP contribution in [-0.2, 0) is 6.54 Å². The molecule has 2 aliphatic heterocycles. The number of hydrogen-bond donors (Lipinski definition) is 1. The lowest BCUT2D eigenvalue weighted by Gasteiger charge is -2.29. The van der Waals surface area contributed by atoms with Gasteiger partial charge in [-0.15, -0.1) is 0 Å². The number of carbonyl (C=O) groups excluding carboxylic acids is 1. The summed E-state index contributed by atoms with van der Waals surface area (Å²) >= 11 is 0. The van der Waals surface area contributed by atoms with E-state index >= 15 is 0 Å². The predicted octanol–water partition coefficient (Wildman–Crippen LogP) is 2.52. The van der Waals surface area contributed by atoms with E-state index in [1.54, 1.807) is 10.6 Å². The number of benzene rings is 1. The molecule has 0 aliphatic carbocycles. The molecular weight excluding hydrogens is 338 g/mol. The summed E-state index contributed by atoms with van der Waals surface area (Å²) in [4.78, 5) is 28.3. The maximum atomic E-state index is 13.5. The second kappa shape index (κ2) is 6.97. The molecule has 0 spiro atoms. The molecule has 0 unspecified atom stereocenters. The van der Waals surface area contributed by atoms with Gasteiger partial charge in [0.2, 0.25) is 0 Å². The maximum Gasteiger partial charge on any atom is 0.263 e. The first kappa shape index (κ1) is 18.0. The first-order valence-electron chi connectivity index (χ1n) is 9.80. The number of carbonyl (C=O) groups is 1. The van der Waals surface area contributed by atoms with E-state index < -0.39 is 0 Å². The minimum absolute atomic E-state index is 0.0227. The second-order valence-corrected chi connectivity index (χ2v) is 7.78. The number of pyridine rings is 1. The molecule has 2 aromatic rings. The molecule has 27 heavy (non-hydrogen) atoms. The van der Waals surface area contributed by atoms with Crippen molar-refractivity contribution in [1.29, 1.82) is 0 Å². The zero-order valence-corrected chi connectivity index (χ0v) is 16.2. The first-order valence-corrected chi connectivity index (χ1v) is 9.80. The monoisotopic (exact) mass is 365 g/mol. The number of fused-ring (bicyclic) bond motifs is 1. The van der Waals surface area contributed by atoms with Crippen molar-refractivity contribution < 1.29 is 4.79 Å². The van der Waals surface area contributed by atoms with Crippen LogP contribution in [0.15, 0.2) is 41.2 Å². The van der Waals surface area contributed by atoms with E-state index in [9.17, 15) is 9.59 Å². The largest absolute Gasteiger partial charge is 0.331 e. The lowest BCUT2D eigenvalue weighted by molar-refractivity contribution is 0.0711. The van der Waals surface area contributed by atoms with Crippen LogP contribution in [0.2, 0.25) is 0 Å². The molecule has 2 saturated heterocycles. The van der Waals surface area contributed by atoms with Crippen LogP contribution in [0.5, 0.6) is 0 Å². The van der Waals surface area contributed by atoms with Gasteiger partial charge in [0.15, 0.2) is 0 Å². The topological polar surface area (TPSA) is 54.3 Å². The molecule has 2 aliphatic rings. The van der Waals surface area contributed by atoms with Crippen LogP contribution < -0.4 is 10.9 Å². The second-order valence-electron chi connectivity index (χ2n) is 7.78. The molecule has 5 nitrogen and oxygen atoms in total. The summed E-state index contributed by atoms with van der Waals surface area (Å²) in [5.74, 6) is 0.705. The zero-order valence-electron chi connectivity index (χ0n) is 16.2. The fraction of sp³-hybridized carbons (Fsp3) is 0.455. The molecule has 3 heterocycles. The van der Waals surface area contributed by atoms with Gasteiger partial charge in [0.05, 0.1) is 6.04 Å². The Hall–Kier alpha value is -2.40. The Balaban J connectivity index is 1.77. The van der Waals surface area contributed by atoms with Crippen molar-refractivity contribution in [1.82, 2.24) is 14.8 Å². The van der Waals surface area contributed by atoms with Gasteiger partial charge in [0, 0.05) is 37.8 Å². The number of aromatic nitrogens is 1. The molecule has 1 aromatic heterocycles. The quantitative estimate of drug-likeness (QED) is 0.909. The molecule has 4 rings (SSSR count). The molecule has 2 fully saturated rings. The predicted molar refractivity (Wildman–Crippen MR) is 106 cm³/mol. The Morgan fingerprint density at radius 2 is 1.93 bits per heavy atom. The van der Waals surface area contributed by atoms with Gasteiger partial charge in [0.25, 0.3) is 11.5 Å². The number of hydrogen-bond acceptors (Lipinski definition) is 3. The molecule has 0 saturated carbocycles. The van der Waals surface area contributed by atoms with E-state index in [0.717, 1.165) is 18.8 Å². The lowest BCUT2D eigenvalue weighted by Crippen LogP contribution is -2.39. The zero-order chi connectivity index (χ0) is 19.1. The van der Waals surface area contributed by atoms with Crippen molar-refractivity contribution in [2.24, 2.45) is 11.8 Å². The SMILES string of the molecule is CCn1c(C)ccc(C(=O)N2C[C@@H]3CNC[C@@H]3[C@H]2c2ccccc2C)c1=O. The summed E-state index contributed by atoms with van der Waals surface area (Å²) in [6, 6.07) is 11.9. The Labute approximate surface area is 160 Å². The number of likely N-dealkylation sites (tertiary alicyclic amines) is 1. The van der Waals surface area contributed by atoms with E-state index in [0.29, 0.717) is 24.9 Å². The van der Waals surface area contributed by atoms with Crippen LogP contribution in [-0.4, -0.2) is 35.0 Å². The summed E-state index contributed by atoms with van der Waals surface area (Å²) in [7, 11) is 0. The van der Waals surface area contributed by atoms with Gasteiger partial charge in [-0.05, 0) is 49.9 Å². The first-order chi connectivity index (χ1) is 13.0. The summed E-state index contributed by atoms with van der Waals surface area (Å²) in [5.41, 5.74) is 3.39. The van der Waals surface area contributed by atoms with Crippen LogP contribution in [0.3, 0.4) is 0 Å². The summed E-state index contributed by atoms with van der Waals surface area (Å²) in [6.45, 7) is 9.07. The Kier molecular flexibility index (Phi) is 4.64. The number of rotatable bonds is 3. The molecule has 142 valence electrons. The van der Waals surface area contributed by atoms with Gasteiger partial charge in [0.1, 0.15) is 5.56 Å². The Bertz CT molecular complexity index is 933. The Morgan fingerprint density at radius 1 is 1.15 bits per heavy atom. The van der Waals surface area contributed by atoms with Crippen LogP contribution in [0.1, 0.15) is 40.1 Å². The van der Waals surface area contributed by atoms with Gasteiger partial charge in [-0.2, -0.15) is 0 Å². The van der Waals surface area contributed by atoms with Crippen molar-refractivity contribution in [3.05, 3.63) is 69.1 Å². The number of aryl methyl sites for hydroxylation is 2. The minimum Gasteiger partial charge on any atom is -0.331 e. The molecule has 1 N–H and O–H groups in total. The van der Waals surface area contributed by atoms with Gasteiger partial charge in [-0.3, -0.25) is 9.59 Å². The van der Waals surface area contributed by atoms with Crippen molar-refractivity contribution in [3.8, 4) is 0 Å². The third kappa shape index (κ3) is 2.90. The highest BCUT2D eigenvalue weighted by Gasteiger charge is 2.47. The highest BCUT2D eigenvalue weighted by molar-refractivity contribution is 5.94. The molecular formula is C22H27N3O2. The van der Waals surface area contributed by atoms with E-state index in [2.05, 4.69) is 24.4 Å². The summed E-state index contributed by atoms with van der Waals surface area (Å²) in [5, 5.41) is 3.48. The molecule has 1 amide bonds. The maximum absolute atomic E-state index is 13.5. The van der Waals surface area contributed by atoms with Crippen molar-refractivity contribution >= 4 is 5.91 Å². The fourth-order valence-corrected chi connectivity index (χ4v) is 4.83. The van der Waals surface area contributed by atoms with E-state index in [-0.39, 0.29) is 23.1 Å². The molecule has 3 atom stereocenters. The summed E-state index contributed by atoms with van der Waals surface area (Å²) < 4.78 is 1.68. The van der Waals surface area contributed by atoms with E-state index in [1.165, 1.54) is 11.1 Å². The molecule has 0 bridgehead atoms. The van der Waals surface area contributed by atoms with Gasteiger partial charge in [-0.25, -0.2) is 0 Å². The van der Waals surface area contributed by atoms with Crippen molar-refractivity contribution in [2.45, 2.75) is 33.4 Å². The summed E-state index contributed by atoms with van der Waals surface area (Å²) in [6.07, 6.45) is 0. The van der Waals surface area contributed by atoms with E-state index in [1.807, 2.05) is 36.9 Å². The van der Waals surface area contributed by atoms with Crippen LogP contribution in [0.25, 0.3) is 0 Å². The standard InChI is InChI=1S/C22H27N3O2/c1-4-24-15(3)9-10-18(21(24)26)22(27)25-13-16-11-23-12-19(16)20(25)17-8-6-5-7-14(17)2/h5-10,16,19-20,23H,4,11-13H2,1-3H3/t16-,19-,20+/m0/s1. The third-order valence-corrected chi connectivity index (χ3v) is 6.27. The van der Waals surface area contributed by atoms with Crippen molar-refractivity contribution in [2.75, 3.05) is 19.6 Å². The average Bonchev–Trinajstić information content (AvgIpc) is 3.23. The lowest BCUT2D eigenvalue weighted by atomic mass is 9.87. The fourth-order valence-electron chi connectivity index (χ4n) is 4.83. The molecule has 0 radical (unpaired) electrons. The highest BCUT2D eigenvalue weighted by atomic mass is 16.2. The van der Waals surface area contributed by atoms with Gasteiger partial charge >= 0.3 is 0 Å². The number of amides is 1. The number of nitrogens with one attached hydrogen (secondary N) is 1. The average molecular weight is 365 g/mol. The smallest absolute Gasteiger partial charge is 0.263 e. The van der Waals surface area contributed by atoms with Crippen LogP contribution >= 0.6 is 0 Å².